The molecule has 0 spiro atoms. The van der Waals surface area contributed by atoms with Crippen molar-refractivity contribution in [2.45, 2.75) is 6.18 Å². The van der Waals surface area contributed by atoms with Gasteiger partial charge in [-0.25, -0.2) is 0 Å². The minimum absolute atomic E-state index is 0. The molecule has 0 aliphatic rings. The number of aromatic nitrogens is 1. The fourth-order valence-corrected chi connectivity index (χ4v) is 4.23. The Bertz CT molecular complexity index is 1350. The van der Waals surface area contributed by atoms with Gasteiger partial charge >= 0.3 is 6.18 Å². The van der Waals surface area contributed by atoms with Crippen molar-refractivity contribution in [3.63, 3.8) is 0 Å². The zero-order chi connectivity index (χ0) is 25.9. The number of halogens is 5. The van der Waals surface area contributed by atoms with Gasteiger partial charge in [-0.1, -0.05) is 52.3 Å². The molecule has 0 unspecified atom stereocenters. The average Bonchev–Trinajstić information content (AvgIpc) is 3.29. The van der Waals surface area contributed by atoms with Crippen molar-refractivity contribution in [2.24, 2.45) is 0 Å². The first kappa shape index (κ1) is 28.5. The average molecular weight is 593 g/mol. The van der Waals surface area contributed by atoms with Crippen LogP contribution in [0.4, 0.5) is 13.2 Å². The van der Waals surface area contributed by atoms with E-state index in [4.69, 9.17) is 0 Å². The summed E-state index contributed by atoms with van der Waals surface area (Å²) in [4.78, 5) is 14.4. The summed E-state index contributed by atoms with van der Waals surface area (Å²) < 4.78 is 44.5. The molecule has 0 aliphatic carbocycles. The van der Waals surface area contributed by atoms with Crippen molar-refractivity contribution in [3.8, 4) is 28.2 Å². The summed E-state index contributed by atoms with van der Waals surface area (Å²) >= 11 is 3.41. The predicted molar refractivity (Wildman–Crippen MR) is 147 cm³/mol. The summed E-state index contributed by atoms with van der Waals surface area (Å²) in [5, 5.41) is 2.87. The Labute approximate surface area is 228 Å². The van der Waals surface area contributed by atoms with Gasteiger partial charge in [-0.2, -0.15) is 13.2 Å². The lowest BCUT2D eigenvalue weighted by Gasteiger charge is -2.19. The summed E-state index contributed by atoms with van der Waals surface area (Å²) in [6.45, 7) is 1.23. The number of nitrogens with zero attached hydrogens (tertiary/aromatic N) is 2. The first-order valence-corrected chi connectivity index (χ1v) is 12.1. The van der Waals surface area contributed by atoms with Gasteiger partial charge in [-0.3, -0.25) is 4.79 Å². The fraction of sp³-hybridized carbons (Fsp3) is 0.179. The molecular formula is C28H26BrClF3N3O. The standard InChI is InChI=1S/C28H25BrF3N3O.ClH/c1-34(2)18-17-33-27(36)21-9-7-19(8-10-21)24-15-16-25(20-11-13-22(29)14-12-20)35(24)26-6-4-3-5-23(26)28(30,31)32;/h3-16H,17-18H2,1-2H3,(H,33,36);1H. The molecule has 1 N–H and O–H groups in total. The first-order valence-electron chi connectivity index (χ1n) is 11.3. The van der Waals surface area contributed by atoms with E-state index < -0.39 is 11.7 Å². The molecule has 0 radical (unpaired) electrons. The Morgan fingerprint density at radius 1 is 0.865 bits per heavy atom. The Kier molecular flexibility index (Phi) is 9.23. The highest BCUT2D eigenvalue weighted by Gasteiger charge is 2.34. The van der Waals surface area contributed by atoms with Crippen molar-refractivity contribution in [1.29, 1.82) is 0 Å². The normalized spacial score (nSPS) is 11.3. The van der Waals surface area contributed by atoms with Crippen molar-refractivity contribution in [2.75, 3.05) is 27.2 Å². The molecule has 9 heteroatoms. The van der Waals surface area contributed by atoms with E-state index in [1.807, 2.05) is 49.3 Å². The number of para-hydroxylation sites is 1. The van der Waals surface area contributed by atoms with Gasteiger partial charge in [-0.05, 0) is 73.8 Å². The van der Waals surface area contributed by atoms with Gasteiger partial charge in [0.1, 0.15) is 0 Å². The van der Waals surface area contributed by atoms with Crippen LogP contribution in [0.3, 0.4) is 0 Å². The lowest BCUT2D eigenvalue weighted by molar-refractivity contribution is -0.137. The van der Waals surface area contributed by atoms with E-state index in [0.29, 0.717) is 29.1 Å². The molecule has 37 heavy (non-hydrogen) atoms. The molecule has 0 atom stereocenters. The number of rotatable bonds is 7. The van der Waals surface area contributed by atoms with Gasteiger partial charge in [-0.15, -0.1) is 12.4 Å². The van der Waals surface area contributed by atoms with Crippen LogP contribution >= 0.6 is 28.3 Å². The molecule has 0 saturated carbocycles. The summed E-state index contributed by atoms with van der Waals surface area (Å²) in [5.74, 6) is -0.197. The molecule has 0 aliphatic heterocycles. The topological polar surface area (TPSA) is 37.3 Å². The molecule has 0 saturated heterocycles. The largest absolute Gasteiger partial charge is 0.418 e. The molecule has 4 nitrogen and oxygen atoms in total. The van der Waals surface area contributed by atoms with Crippen LogP contribution in [0.15, 0.2) is 89.4 Å². The van der Waals surface area contributed by atoms with E-state index >= 15 is 0 Å². The van der Waals surface area contributed by atoms with Crippen molar-refractivity contribution < 1.29 is 18.0 Å². The number of hydrogen-bond donors (Lipinski definition) is 1. The maximum absolute atomic E-state index is 14.0. The monoisotopic (exact) mass is 591 g/mol. The number of benzene rings is 3. The quantitative estimate of drug-likeness (QED) is 0.244. The molecule has 4 rings (SSSR count). The van der Waals surface area contributed by atoms with Crippen LogP contribution in [0.1, 0.15) is 15.9 Å². The van der Waals surface area contributed by atoms with Crippen LogP contribution in [-0.2, 0) is 6.18 Å². The van der Waals surface area contributed by atoms with Crippen LogP contribution in [0.25, 0.3) is 28.2 Å². The number of hydrogen-bond acceptors (Lipinski definition) is 2. The highest BCUT2D eigenvalue weighted by Crippen LogP contribution is 2.39. The molecular weight excluding hydrogens is 567 g/mol. The van der Waals surface area contributed by atoms with Crippen LogP contribution in [0, 0.1) is 0 Å². The van der Waals surface area contributed by atoms with Gasteiger partial charge in [0.05, 0.1) is 22.6 Å². The van der Waals surface area contributed by atoms with Crippen LogP contribution < -0.4 is 5.32 Å². The van der Waals surface area contributed by atoms with Crippen LogP contribution in [0.2, 0.25) is 0 Å². The number of likely N-dealkylation sites (N-methyl/N-ethyl adjacent to an activating group) is 1. The predicted octanol–water partition coefficient (Wildman–Crippen LogP) is 7.31. The first-order chi connectivity index (χ1) is 17.1. The lowest BCUT2D eigenvalue weighted by Crippen LogP contribution is -2.31. The van der Waals surface area contributed by atoms with E-state index in [9.17, 15) is 18.0 Å². The van der Waals surface area contributed by atoms with Gasteiger partial charge in [0.2, 0.25) is 0 Å². The zero-order valence-corrected chi connectivity index (χ0v) is 22.6. The summed E-state index contributed by atoms with van der Waals surface area (Å²) in [5.41, 5.74) is 2.48. The second-order valence-electron chi connectivity index (χ2n) is 8.60. The lowest BCUT2D eigenvalue weighted by atomic mass is 10.1. The third kappa shape index (κ3) is 6.63. The second-order valence-corrected chi connectivity index (χ2v) is 9.51. The van der Waals surface area contributed by atoms with Gasteiger partial charge in [0.25, 0.3) is 5.91 Å². The number of carbonyl (C=O) groups is 1. The van der Waals surface area contributed by atoms with Crippen LogP contribution in [0.5, 0.6) is 0 Å². The number of carbonyl (C=O) groups excluding carboxylic acids is 1. The summed E-state index contributed by atoms with van der Waals surface area (Å²) in [6, 6.07) is 23.5. The second kappa shape index (κ2) is 12.0. The number of amides is 1. The Balaban J connectivity index is 0.00000380. The maximum atomic E-state index is 14.0. The number of alkyl halides is 3. The third-order valence-electron chi connectivity index (χ3n) is 5.76. The molecule has 3 aromatic carbocycles. The minimum Gasteiger partial charge on any atom is -0.351 e. The minimum atomic E-state index is -4.52. The Morgan fingerprint density at radius 2 is 1.41 bits per heavy atom. The molecule has 194 valence electrons. The SMILES string of the molecule is CN(C)CCNC(=O)c1ccc(-c2ccc(-c3ccc(Br)cc3)n2-c2ccccc2C(F)(F)F)cc1.Cl. The number of nitrogens with one attached hydrogen (secondary N) is 1. The van der Waals surface area contributed by atoms with E-state index in [0.717, 1.165) is 22.6 Å². The summed E-state index contributed by atoms with van der Waals surface area (Å²) in [7, 11) is 3.85. The van der Waals surface area contributed by atoms with Crippen LogP contribution in [-0.4, -0.2) is 42.6 Å². The summed E-state index contributed by atoms with van der Waals surface area (Å²) in [6.07, 6.45) is -4.52. The van der Waals surface area contributed by atoms with Gasteiger partial charge in [0, 0.05) is 23.1 Å². The smallest absolute Gasteiger partial charge is 0.351 e. The fourth-order valence-electron chi connectivity index (χ4n) is 3.96. The molecule has 4 aromatic rings. The van der Waals surface area contributed by atoms with Crippen molar-refractivity contribution in [3.05, 3.63) is 101 Å². The highest BCUT2D eigenvalue weighted by molar-refractivity contribution is 9.10. The Hall–Kier alpha value is -3.07. The van der Waals surface area contributed by atoms with E-state index in [1.54, 1.807) is 41.0 Å². The van der Waals surface area contributed by atoms with Crippen molar-refractivity contribution in [1.82, 2.24) is 14.8 Å². The van der Waals surface area contributed by atoms with Gasteiger partial charge in [0.15, 0.2) is 0 Å². The molecule has 1 amide bonds. The zero-order valence-electron chi connectivity index (χ0n) is 20.2. The van der Waals surface area contributed by atoms with E-state index in [-0.39, 0.29) is 24.0 Å². The van der Waals surface area contributed by atoms with E-state index in [2.05, 4.69) is 21.2 Å². The van der Waals surface area contributed by atoms with Gasteiger partial charge < -0.3 is 14.8 Å². The molecule has 0 fully saturated rings. The molecule has 0 bridgehead atoms. The maximum Gasteiger partial charge on any atom is 0.418 e. The Morgan fingerprint density at radius 3 is 1.95 bits per heavy atom. The van der Waals surface area contributed by atoms with Crippen molar-refractivity contribution >= 4 is 34.2 Å². The molecule has 1 aromatic heterocycles. The highest BCUT2D eigenvalue weighted by atomic mass is 79.9. The molecule has 1 heterocycles. The van der Waals surface area contributed by atoms with E-state index in [1.165, 1.54) is 12.1 Å². The third-order valence-corrected chi connectivity index (χ3v) is 6.29.